The number of imide groups is 2. The molecule has 9 nitrogen and oxygen atoms in total. The Morgan fingerprint density at radius 1 is 1.10 bits per heavy atom. The number of rotatable bonds is 7. The molecule has 2 saturated heterocycles. The van der Waals surface area contributed by atoms with E-state index in [1.807, 2.05) is 6.07 Å². The van der Waals surface area contributed by atoms with Gasteiger partial charge in [-0.15, -0.1) is 0 Å². The van der Waals surface area contributed by atoms with Gasteiger partial charge in [-0.05, 0) is 18.9 Å². The minimum absolute atomic E-state index is 0.0125. The maximum absolute atomic E-state index is 12.7. The summed E-state index contributed by atoms with van der Waals surface area (Å²) in [5.41, 5.74) is 0.742. The van der Waals surface area contributed by atoms with Gasteiger partial charge < -0.3 is 9.64 Å². The van der Waals surface area contributed by atoms with Gasteiger partial charge >= 0.3 is 23.8 Å². The van der Waals surface area contributed by atoms with Gasteiger partial charge in [0.1, 0.15) is 0 Å². The molecule has 0 aromatic heterocycles. The number of methoxy groups -OCH3 is 1. The van der Waals surface area contributed by atoms with Crippen molar-refractivity contribution >= 4 is 41.5 Å². The Labute approximate surface area is 177 Å². The van der Waals surface area contributed by atoms with Crippen molar-refractivity contribution in [2.45, 2.75) is 19.4 Å². The van der Waals surface area contributed by atoms with E-state index in [0.717, 1.165) is 15.4 Å². The zero-order valence-electron chi connectivity index (χ0n) is 16.6. The van der Waals surface area contributed by atoms with E-state index < -0.39 is 29.9 Å². The predicted octanol–water partition coefficient (Wildman–Crippen LogP) is 1.52. The summed E-state index contributed by atoms with van der Waals surface area (Å²) in [4.78, 5) is 64.3. The monoisotopic (exact) mass is 431 g/mol. The van der Waals surface area contributed by atoms with Crippen LogP contribution in [0.2, 0.25) is 0 Å². The molecule has 0 spiro atoms. The second-order valence-corrected chi connectivity index (χ2v) is 7.69. The number of carbonyl (C=O) groups excluding carboxylic acids is 5. The molecule has 10 heteroatoms. The van der Waals surface area contributed by atoms with Crippen LogP contribution in [-0.4, -0.2) is 70.4 Å². The van der Waals surface area contributed by atoms with Crippen LogP contribution < -0.4 is 0 Å². The Balaban J connectivity index is 1.64. The van der Waals surface area contributed by atoms with Crippen molar-refractivity contribution < 1.29 is 28.7 Å². The van der Waals surface area contributed by atoms with Crippen molar-refractivity contribution in [2.75, 3.05) is 26.0 Å². The van der Waals surface area contributed by atoms with Gasteiger partial charge in [-0.3, -0.25) is 19.3 Å². The van der Waals surface area contributed by atoms with Gasteiger partial charge in [0, 0.05) is 13.1 Å². The molecule has 0 aliphatic carbocycles. The molecule has 1 aromatic carbocycles. The Kier molecular flexibility index (Phi) is 6.56. The van der Waals surface area contributed by atoms with Crippen LogP contribution in [0.4, 0.5) is 4.79 Å². The lowest BCUT2D eigenvalue weighted by molar-refractivity contribution is -0.144. The first kappa shape index (κ1) is 21.6. The first-order valence-corrected chi connectivity index (χ1v) is 10.3. The van der Waals surface area contributed by atoms with Gasteiger partial charge in [-0.25, -0.2) is 14.5 Å². The van der Waals surface area contributed by atoms with Crippen LogP contribution in [-0.2, 0) is 23.9 Å². The van der Waals surface area contributed by atoms with Crippen LogP contribution in [0.5, 0.6) is 0 Å². The van der Waals surface area contributed by atoms with Crippen molar-refractivity contribution in [3.8, 4) is 0 Å². The highest BCUT2D eigenvalue weighted by atomic mass is 32.2. The molecule has 1 aromatic rings. The first-order chi connectivity index (χ1) is 14.3. The fraction of sp³-hybridized carbons (Fsp3) is 0.350. The molecular formula is C20H21N3O6S. The smallest absolute Gasteiger partial charge is 0.334 e. The summed E-state index contributed by atoms with van der Waals surface area (Å²) in [6.07, 6.45) is 1.50. The Morgan fingerprint density at radius 2 is 1.77 bits per heavy atom. The Morgan fingerprint density at radius 3 is 2.43 bits per heavy atom. The van der Waals surface area contributed by atoms with E-state index in [-0.39, 0.29) is 31.2 Å². The molecule has 2 fully saturated rings. The van der Waals surface area contributed by atoms with Gasteiger partial charge in [-0.1, -0.05) is 42.1 Å². The number of urea groups is 1. The van der Waals surface area contributed by atoms with Crippen molar-refractivity contribution in [3.63, 3.8) is 0 Å². The molecule has 158 valence electrons. The summed E-state index contributed by atoms with van der Waals surface area (Å²) < 4.78 is 4.58. The topological polar surface area (TPSA) is 104 Å². The van der Waals surface area contributed by atoms with Crippen molar-refractivity contribution in [3.05, 3.63) is 47.0 Å². The lowest BCUT2D eigenvalue weighted by atomic mass is 10.1. The number of ether oxygens (including phenoxy) is 1. The van der Waals surface area contributed by atoms with Crippen LogP contribution in [0.3, 0.4) is 0 Å². The Hall–Kier alpha value is -3.14. The fourth-order valence-electron chi connectivity index (χ4n) is 3.26. The average molecular weight is 431 g/mol. The second kappa shape index (κ2) is 9.12. The van der Waals surface area contributed by atoms with Crippen LogP contribution in [0.1, 0.15) is 24.9 Å². The number of hydrogen-bond acceptors (Lipinski definition) is 7. The summed E-state index contributed by atoms with van der Waals surface area (Å²) in [7, 11) is 1.25. The molecule has 30 heavy (non-hydrogen) atoms. The molecular weight excluding hydrogens is 410 g/mol. The van der Waals surface area contributed by atoms with Gasteiger partial charge in [0.05, 0.1) is 30.0 Å². The molecule has 0 saturated carbocycles. The number of esters is 1. The van der Waals surface area contributed by atoms with Crippen LogP contribution in [0.25, 0.3) is 0 Å². The molecule has 2 aliphatic heterocycles. The largest absolute Gasteiger partial charge is 0.466 e. The van der Waals surface area contributed by atoms with E-state index in [1.165, 1.54) is 29.8 Å². The first-order valence-electron chi connectivity index (χ1n) is 9.32. The summed E-state index contributed by atoms with van der Waals surface area (Å²) in [5, 5.41) is 0.460. The van der Waals surface area contributed by atoms with Gasteiger partial charge in [0.15, 0.2) is 0 Å². The van der Waals surface area contributed by atoms with E-state index in [4.69, 9.17) is 0 Å². The molecule has 2 aliphatic rings. The number of carbonyl (C=O) groups is 5. The number of hydrogen-bond donors (Lipinski definition) is 0. The highest BCUT2D eigenvalue weighted by molar-refractivity contribution is 8.04. The quantitative estimate of drug-likeness (QED) is 0.279. The van der Waals surface area contributed by atoms with E-state index in [1.54, 1.807) is 31.2 Å². The molecule has 3 rings (SSSR count). The molecule has 0 bridgehead atoms. The molecule has 0 N–H and O–H groups in total. The minimum atomic E-state index is -0.879. The van der Waals surface area contributed by atoms with Gasteiger partial charge in [0.25, 0.3) is 0 Å². The van der Waals surface area contributed by atoms with E-state index in [2.05, 4.69) is 4.74 Å². The normalized spacial score (nSPS) is 19.3. The average Bonchev–Trinajstić information content (AvgIpc) is 3.19. The number of amides is 5. The summed E-state index contributed by atoms with van der Waals surface area (Å²) in [6.45, 7) is 1.88. The highest BCUT2D eigenvalue weighted by Crippen LogP contribution is 2.30. The summed E-state index contributed by atoms with van der Waals surface area (Å²) >= 11 is 1.22. The lowest BCUT2D eigenvalue weighted by Gasteiger charge is -2.23. The number of thioether (sulfide) groups is 1. The molecule has 2 heterocycles. The summed E-state index contributed by atoms with van der Waals surface area (Å²) in [5.74, 6) is -2.29. The second-order valence-electron chi connectivity index (χ2n) is 6.69. The number of nitrogens with zero attached hydrogens (tertiary/aromatic N) is 3. The lowest BCUT2D eigenvalue weighted by Crippen LogP contribution is -2.36. The maximum Gasteiger partial charge on any atom is 0.334 e. The van der Waals surface area contributed by atoms with E-state index in [9.17, 15) is 24.0 Å². The SMILES string of the molecule is COC(=O)/C=C1/SCC(=O)N1CCCN1C(=O)C(=O)N([C@@H](C)c2ccccc2)C1=O. The van der Waals surface area contributed by atoms with Gasteiger partial charge in [0.2, 0.25) is 5.91 Å². The maximum atomic E-state index is 12.7. The minimum Gasteiger partial charge on any atom is -0.466 e. The van der Waals surface area contributed by atoms with Gasteiger partial charge in [-0.2, -0.15) is 0 Å². The standard InChI is InChI=1S/C20H21N3O6S/c1-13(14-7-4-3-5-8-14)23-19(27)18(26)22(20(23)28)10-6-9-21-15(24)12-30-16(21)11-17(25)29-2/h3-5,7-8,11,13H,6,9-10,12H2,1-2H3/b16-11+/t13-/m0/s1. The Bertz CT molecular complexity index is 916. The van der Waals surface area contributed by atoms with E-state index >= 15 is 0 Å². The molecule has 5 amide bonds. The predicted molar refractivity (Wildman–Crippen MR) is 108 cm³/mol. The van der Waals surface area contributed by atoms with Crippen LogP contribution in [0.15, 0.2) is 41.4 Å². The van der Waals surface area contributed by atoms with E-state index in [0.29, 0.717) is 5.03 Å². The van der Waals surface area contributed by atoms with Crippen LogP contribution in [0, 0.1) is 0 Å². The third-order valence-corrected chi connectivity index (χ3v) is 5.90. The van der Waals surface area contributed by atoms with Crippen molar-refractivity contribution in [2.24, 2.45) is 0 Å². The molecule has 0 radical (unpaired) electrons. The fourth-order valence-corrected chi connectivity index (χ4v) is 4.21. The number of benzene rings is 1. The van der Waals surface area contributed by atoms with Crippen molar-refractivity contribution in [1.82, 2.24) is 14.7 Å². The molecule has 1 atom stereocenters. The third-order valence-electron chi connectivity index (χ3n) is 4.87. The zero-order valence-corrected chi connectivity index (χ0v) is 17.4. The highest BCUT2D eigenvalue weighted by Gasteiger charge is 2.46. The third kappa shape index (κ3) is 4.23. The zero-order chi connectivity index (χ0) is 21.8. The van der Waals surface area contributed by atoms with Crippen LogP contribution >= 0.6 is 11.8 Å². The summed E-state index contributed by atoms with van der Waals surface area (Å²) in [6, 6.07) is 7.72. The van der Waals surface area contributed by atoms with Crippen molar-refractivity contribution in [1.29, 1.82) is 0 Å². The molecule has 0 unspecified atom stereocenters.